The van der Waals surface area contributed by atoms with E-state index in [0.717, 1.165) is 29.7 Å². The van der Waals surface area contributed by atoms with Gasteiger partial charge in [0, 0.05) is 10.9 Å². The molecule has 10 heteroatoms. The number of ether oxygens (including phenoxy) is 1. The van der Waals surface area contributed by atoms with Gasteiger partial charge < -0.3 is 15.4 Å². The van der Waals surface area contributed by atoms with Crippen LogP contribution in [0.3, 0.4) is 0 Å². The second-order valence-corrected chi connectivity index (χ2v) is 12.4. The number of hydrogen-bond donors (Lipinski definition) is 2. The van der Waals surface area contributed by atoms with Crippen LogP contribution in [0.15, 0.2) is 24.3 Å². The topological polar surface area (TPSA) is 102 Å². The van der Waals surface area contributed by atoms with E-state index >= 15 is 0 Å². The minimum absolute atomic E-state index is 0.00999. The fraction of sp³-hybridized carbons (Fsp3) is 0.500. The molecule has 0 spiro atoms. The van der Waals surface area contributed by atoms with Crippen LogP contribution < -0.4 is 15.4 Å². The number of anilines is 1. The number of sulfone groups is 1. The summed E-state index contributed by atoms with van der Waals surface area (Å²) in [7, 11) is -3.14. The van der Waals surface area contributed by atoms with Crippen molar-refractivity contribution in [3.05, 3.63) is 46.1 Å². The van der Waals surface area contributed by atoms with Crippen molar-refractivity contribution < 1.29 is 27.1 Å². The molecule has 2 aromatic rings. The molecule has 1 fully saturated rings. The zero-order valence-corrected chi connectivity index (χ0v) is 20.9. The highest BCUT2D eigenvalue weighted by Gasteiger charge is 2.33. The molecule has 2 N–H and O–H groups in total. The normalized spacial score (nSPS) is 22.0. The van der Waals surface area contributed by atoms with Gasteiger partial charge in [0.2, 0.25) is 0 Å². The van der Waals surface area contributed by atoms with Crippen LogP contribution in [0.25, 0.3) is 0 Å². The fourth-order valence-corrected chi connectivity index (χ4v) is 7.54. The molecule has 2 aliphatic rings. The Morgan fingerprint density at radius 1 is 1.26 bits per heavy atom. The Labute approximate surface area is 203 Å². The first-order valence-corrected chi connectivity index (χ1v) is 14.2. The molecule has 34 heavy (non-hydrogen) atoms. The van der Waals surface area contributed by atoms with E-state index in [9.17, 15) is 22.4 Å². The number of thiophene rings is 1. The van der Waals surface area contributed by atoms with Crippen molar-refractivity contribution in [2.45, 2.75) is 58.1 Å². The number of hydrogen-bond acceptors (Lipinski definition) is 6. The Morgan fingerprint density at radius 2 is 2.03 bits per heavy atom. The van der Waals surface area contributed by atoms with E-state index in [1.807, 2.05) is 0 Å². The SMILES string of the molecule is CC[C@H](Oc1ccccc1F)C(=O)Nc1sc2c(c1C(=O)N[C@@H]1CCS(=O)(=O)C1)CC[C@H](C)C2. The van der Waals surface area contributed by atoms with Crippen molar-refractivity contribution in [1.29, 1.82) is 0 Å². The molecule has 1 aromatic heterocycles. The number of carbonyl (C=O) groups is 2. The number of halogens is 1. The first-order valence-electron chi connectivity index (χ1n) is 11.5. The Hall–Kier alpha value is -2.46. The number of carbonyl (C=O) groups excluding carboxylic acids is 2. The first kappa shape index (κ1) is 24.7. The third-order valence-corrected chi connectivity index (χ3v) is 9.25. The smallest absolute Gasteiger partial charge is 0.266 e. The predicted molar refractivity (Wildman–Crippen MR) is 130 cm³/mol. The summed E-state index contributed by atoms with van der Waals surface area (Å²) in [6, 6.07) is 5.46. The molecule has 2 heterocycles. The Morgan fingerprint density at radius 3 is 2.71 bits per heavy atom. The lowest BCUT2D eigenvalue weighted by atomic mass is 9.88. The molecule has 7 nitrogen and oxygen atoms in total. The van der Waals surface area contributed by atoms with Crippen molar-refractivity contribution in [1.82, 2.24) is 5.32 Å². The molecule has 1 aliphatic carbocycles. The quantitative estimate of drug-likeness (QED) is 0.594. The number of benzene rings is 1. The molecule has 1 saturated heterocycles. The monoisotopic (exact) mass is 508 g/mol. The van der Waals surface area contributed by atoms with Gasteiger partial charge in [0.05, 0.1) is 17.1 Å². The summed E-state index contributed by atoms with van der Waals surface area (Å²) >= 11 is 1.38. The van der Waals surface area contributed by atoms with Crippen LogP contribution in [0, 0.1) is 11.7 Å². The summed E-state index contributed by atoms with van der Waals surface area (Å²) in [5.74, 6) is -0.934. The summed E-state index contributed by atoms with van der Waals surface area (Å²) in [6.07, 6.45) is 2.22. The Kier molecular flexibility index (Phi) is 7.28. The van der Waals surface area contributed by atoms with Crippen LogP contribution in [0.5, 0.6) is 5.75 Å². The summed E-state index contributed by atoms with van der Waals surface area (Å²) in [5.41, 5.74) is 1.32. The van der Waals surface area contributed by atoms with Crippen LogP contribution in [0.2, 0.25) is 0 Å². The van der Waals surface area contributed by atoms with Gasteiger partial charge in [-0.2, -0.15) is 0 Å². The van der Waals surface area contributed by atoms with E-state index in [0.29, 0.717) is 29.3 Å². The van der Waals surface area contributed by atoms with E-state index in [1.165, 1.54) is 23.5 Å². The second-order valence-electron chi connectivity index (χ2n) is 9.06. The number of rotatable bonds is 7. The van der Waals surface area contributed by atoms with Gasteiger partial charge in [-0.15, -0.1) is 11.3 Å². The average molecular weight is 509 g/mol. The van der Waals surface area contributed by atoms with Crippen LogP contribution in [0.4, 0.5) is 9.39 Å². The van der Waals surface area contributed by atoms with E-state index in [2.05, 4.69) is 17.6 Å². The van der Waals surface area contributed by atoms with Gasteiger partial charge in [-0.1, -0.05) is 26.0 Å². The second kappa shape index (κ2) is 10.0. The molecule has 2 amide bonds. The van der Waals surface area contributed by atoms with Crippen molar-refractivity contribution in [3.8, 4) is 5.75 Å². The zero-order chi connectivity index (χ0) is 24.5. The number of amides is 2. The van der Waals surface area contributed by atoms with Gasteiger partial charge >= 0.3 is 0 Å². The van der Waals surface area contributed by atoms with Crippen molar-refractivity contribution in [2.75, 3.05) is 16.8 Å². The average Bonchev–Trinajstić information content (AvgIpc) is 3.30. The van der Waals surface area contributed by atoms with Gasteiger partial charge in [-0.05, 0) is 55.7 Å². The maximum Gasteiger partial charge on any atom is 0.266 e. The molecule has 0 radical (unpaired) electrons. The summed E-state index contributed by atoms with van der Waals surface area (Å²) in [4.78, 5) is 27.4. The van der Waals surface area contributed by atoms with Crippen molar-refractivity contribution in [3.63, 3.8) is 0 Å². The van der Waals surface area contributed by atoms with Gasteiger partial charge in [-0.25, -0.2) is 12.8 Å². The Balaban J connectivity index is 1.57. The standard InChI is InChI=1S/C24H29FN2O5S2/c1-3-18(32-19-7-5-4-6-17(19)25)22(28)27-24-21(16-9-8-14(2)12-20(16)33-24)23(29)26-15-10-11-34(30,31)13-15/h4-7,14-15,18H,3,8-13H2,1-2H3,(H,26,29)(H,27,28)/t14-,15+,18-/m0/s1. The third-order valence-electron chi connectivity index (χ3n) is 6.31. The molecule has 1 aromatic carbocycles. The van der Waals surface area contributed by atoms with E-state index in [4.69, 9.17) is 4.74 Å². The molecule has 1 aliphatic heterocycles. The van der Waals surface area contributed by atoms with E-state index in [-0.39, 0.29) is 23.2 Å². The minimum Gasteiger partial charge on any atom is -0.478 e. The van der Waals surface area contributed by atoms with Crippen LogP contribution >= 0.6 is 11.3 Å². The maximum absolute atomic E-state index is 14.0. The molecule has 0 unspecified atom stereocenters. The highest BCUT2D eigenvalue weighted by molar-refractivity contribution is 7.91. The van der Waals surface area contributed by atoms with Crippen LogP contribution in [-0.4, -0.2) is 43.9 Å². The lowest BCUT2D eigenvalue weighted by Gasteiger charge is -2.20. The number of fused-ring (bicyclic) bond motifs is 1. The summed E-state index contributed by atoms with van der Waals surface area (Å²) < 4.78 is 43.3. The minimum atomic E-state index is -3.14. The Bertz CT molecular complexity index is 1190. The summed E-state index contributed by atoms with van der Waals surface area (Å²) in [5, 5.41) is 6.14. The highest BCUT2D eigenvalue weighted by Crippen LogP contribution is 2.40. The van der Waals surface area contributed by atoms with Gasteiger partial charge in [-0.3, -0.25) is 9.59 Å². The van der Waals surface area contributed by atoms with Crippen LogP contribution in [-0.2, 0) is 27.5 Å². The predicted octanol–water partition coefficient (Wildman–Crippen LogP) is 3.73. The fourth-order valence-electron chi connectivity index (χ4n) is 4.45. The first-order chi connectivity index (χ1) is 16.2. The van der Waals surface area contributed by atoms with Crippen molar-refractivity contribution in [2.24, 2.45) is 5.92 Å². The molecular formula is C24H29FN2O5S2. The molecule has 184 valence electrons. The van der Waals surface area contributed by atoms with Gasteiger partial charge in [0.25, 0.3) is 11.8 Å². The summed E-state index contributed by atoms with van der Waals surface area (Å²) in [6.45, 7) is 3.92. The third kappa shape index (κ3) is 5.43. The molecule has 0 bridgehead atoms. The van der Waals surface area contributed by atoms with Crippen molar-refractivity contribution >= 4 is 38.0 Å². The van der Waals surface area contributed by atoms with Crippen LogP contribution in [0.1, 0.15) is 53.9 Å². The van der Waals surface area contributed by atoms with Gasteiger partial charge in [0.15, 0.2) is 27.5 Å². The highest BCUT2D eigenvalue weighted by atomic mass is 32.2. The molecule has 3 atom stereocenters. The maximum atomic E-state index is 14.0. The zero-order valence-electron chi connectivity index (χ0n) is 19.2. The molecule has 4 rings (SSSR count). The number of nitrogens with one attached hydrogen (secondary N) is 2. The lowest BCUT2D eigenvalue weighted by molar-refractivity contribution is -0.122. The lowest BCUT2D eigenvalue weighted by Crippen LogP contribution is -2.37. The molecular weight excluding hydrogens is 479 g/mol. The molecule has 0 saturated carbocycles. The van der Waals surface area contributed by atoms with E-state index in [1.54, 1.807) is 19.1 Å². The largest absolute Gasteiger partial charge is 0.478 e. The number of para-hydroxylation sites is 1. The van der Waals surface area contributed by atoms with E-state index < -0.39 is 33.7 Å². The van der Waals surface area contributed by atoms with Gasteiger partial charge in [0.1, 0.15) is 5.00 Å².